The molecule has 16 heavy (non-hydrogen) atoms. The van der Waals surface area contributed by atoms with Crippen LogP contribution in [0.1, 0.15) is 30.9 Å². The molecule has 3 heteroatoms. The van der Waals surface area contributed by atoms with Crippen molar-refractivity contribution in [3.63, 3.8) is 0 Å². The minimum Gasteiger partial charge on any atom is -0.313 e. The summed E-state index contributed by atoms with van der Waals surface area (Å²) in [7, 11) is 0. The smallest absolute Gasteiger partial charge is 0.0579 e. The monoisotopic (exact) mass is 241 g/mol. The minimum atomic E-state index is 0.970. The van der Waals surface area contributed by atoms with Crippen LogP contribution in [0, 0.1) is 0 Å². The molecule has 0 bridgehead atoms. The number of unbranched alkanes of at least 4 members (excludes halogenated alkanes) is 1. The van der Waals surface area contributed by atoms with Crippen LogP contribution in [-0.2, 0) is 6.54 Å². The van der Waals surface area contributed by atoms with Gasteiger partial charge in [-0.05, 0) is 24.1 Å². The van der Waals surface area contributed by atoms with Gasteiger partial charge < -0.3 is 5.32 Å². The number of hydrogen-bond donors (Lipinski definition) is 2. The summed E-state index contributed by atoms with van der Waals surface area (Å²) in [6, 6.07) is 8.50. The number of halogens is 1. The molecule has 0 heterocycles. The van der Waals surface area contributed by atoms with Crippen LogP contribution in [0.2, 0.25) is 0 Å². The van der Waals surface area contributed by atoms with Crippen molar-refractivity contribution < 1.29 is 4.66 Å². The zero-order valence-electron chi connectivity index (χ0n) is 9.75. The van der Waals surface area contributed by atoms with Crippen molar-refractivity contribution >= 4 is 17.9 Å². The fraction of sp³-hybridized carbons (Fsp3) is 0.385. The maximum absolute atomic E-state index is 6.47. The Bertz CT molecular complexity index is 272. The molecule has 0 aliphatic carbocycles. The van der Waals surface area contributed by atoms with Gasteiger partial charge in [0.2, 0.25) is 0 Å². The summed E-state index contributed by atoms with van der Waals surface area (Å²) in [6.07, 6.45) is 4.38. The number of hydrogen-bond acceptors (Lipinski definition) is 2. The van der Waals surface area contributed by atoms with Crippen LogP contribution in [0.3, 0.4) is 0 Å². The Morgan fingerprint density at radius 2 is 1.94 bits per heavy atom. The Labute approximate surface area is 103 Å². The topological polar surface area (TPSA) is 32.3 Å². The minimum absolute atomic E-state index is 0.970. The van der Waals surface area contributed by atoms with Crippen LogP contribution >= 0.6 is 11.9 Å². The van der Waals surface area contributed by atoms with Crippen molar-refractivity contribution in [2.24, 2.45) is 0 Å². The van der Waals surface area contributed by atoms with E-state index in [2.05, 4.69) is 55.0 Å². The lowest BCUT2D eigenvalue weighted by molar-refractivity contribution is 0.632. The average Bonchev–Trinajstić information content (AvgIpc) is 2.38. The summed E-state index contributed by atoms with van der Waals surface area (Å²) in [4.78, 5) is 0. The molecule has 0 aliphatic rings. The van der Waals surface area contributed by atoms with Crippen LogP contribution in [0.4, 0.5) is 0 Å². The Balaban J connectivity index is 0.00000106. The van der Waals surface area contributed by atoms with Crippen molar-refractivity contribution in [2.75, 3.05) is 6.54 Å². The summed E-state index contributed by atoms with van der Waals surface area (Å²) in [5, 5.41) is 3.41. The highest BCUT2D eigenvalue weighted by molar-refractivity contribution is 6.04. The summed E-state index contributed by atoms with van der Waals surface area (Å²) in [6.45, 7) is 8.02. The molecule has 0 spiro atoms. The molecule has 1 aromatic carbocycles. The molecule has 0 amide bonds. The molecule has 0 saturated carbocycles. The molecular formula is C13H20ClNO. The van der Waals surface area contributed by atoms with Crippen molar-refractivity contribution in [2.45, 2.75) is 26.3 Å². The molecule has 0 saturated heterocycles. The highest BCUT2D eigenvalue weighted by Gasteiger charge is 1.91. The highest BCUT2D eigenvalue weighted by Crippen LogP contribution is 2.04. The standard InChI is InChI=1S/C13H19N.ClHO/c1-3-5-10-14-11-13-8-6-12(4-2)7-9-13;1-2/h4,6-9,14H,2-3,5,10-11H2,1H3;2H. The predicted molar refractivity (Wildman–Crippen MR) is 71.2 cm³/mol. The summed E-state index contributed by atoms with van der Waals surface area (Å²) in [5.74, 6) is 0. The Morgan fingerprint density at radius 3 is 2.44 bits per heavy atom. The molecule has 0 atom stereocenters. The Kier molecular flexibility index (Phi) is 10.1. The van der Waals surface area contributed by atoms with Gasteiger partial charge in [-0.3, -0.25) is 4.66 Å². The molecule has 1 aromatic rings. The lowest BCUT2D eigenvalue weighted by Gasteiger charge is -2.04. The van der Waals surface area contributed by atoms with Crippen molar-refractivity contribution in [1.82, 2.24) is 5.32 Å². The molecule has 2 nitrogen and oxygen atoms in total. The first-order chi connectivity index (χ1) is 7.86. The summed E-state index contributed by atoms with van der Waals surface area (Å²) < 4.78 is 6.47. The van der Waals surface area contributed by atoms with Crippen LogP contribution in [-0.4, -0.2) is 11.2 Å². The van der Waals surface area contributed by atoms with E-state index in [1.807, 2.05) is 6.08 Å². The number of nitrogens with one attached hydrogen (secondary N) is 1. The first kappa shape index (κ1) is 15.2. The molecular weight excluding hydrogens is 222 g/mol. The van der Waals surface area contributed by atoms with Gasteiger partial charge in [0.1, 0.15) is 0 Å². The fourth-order valence-electron chi connectivity index (χ4n) is 1.31. The lowest BCUT2D eigenvalue weighted by Crippen LogP contribution is -2.14. The van der Waals surface area contributed by atoms with Crippen molar-refractivity contribution in [3.8, 4) is 0 Å². The normalized spacial score (nSPS) is 9.19. The molecule has 0 radical (unpaired) electrons. The lowest BCUT2D eigenvalue weighted by atomic mass is 10.1. The van der Waals surface area contributed by atoms with Gasteiger partial charge in [-0.1, -0.05) is 50.3 Å². The van der Waals surface area contributed by atoms with Gasteiger partial charge in [0.25, 0.3) is 0 Å². The average molecular weight is 242 g/mol. The Hall–Kier alpha value is -0.830. The van der Waals surface area contributed by atoms with E-state index in [1.165, 1.54) is 24.0 Å². The zero-order valence-corrected chi connectivity index (χ0v) is 10.5. The molecule has 2 N–H and O–H groups in total. The van der Waals surface area contributed by atoms with Gasteiger partial charge in [0, 0.05) is 6.54 Å². The molecule has 1 rings (SSSR count). The molecule has 90 valence electrons. The SMILES string of the molecule is C=Cc1ccc(CNCCCC)cc1.OCl. The van der Waals surface area contributed by atoms with E-state index in [4.69, 9.17) is 4.66 Å². The number of rotatable bonds is 6. The van der Waals surface area contributed by atoms with Gasteiger partial charge in [-0.15, -0.1) is 0 Å². The van der Waals surface area contributed by atoms with Gasteiger partial charge in [0.05, 0.1) is 11.9 Å². The maximum Gasteiger partial charge on any atom is 0.0579 e. The largest absolute Gasteiger partial charge is 0.313 e. The predicted octanol–water partition coefficient (Wildman–Crippen LogP) is 3.35. The van der Waals surface area contributed by atoms with E-state index in [-0.39, 0.29) is 0 Å². The summed E-state index contributed by atoms with van der Waals surface area (Å²) in [5.41, 5.74) is 2.52. The molecule has 0 unspecified atom stereocenters. The van der Waals surface area contributed by atoms with E-state index in [9.17, 15) is 0 Å². The third-order valence-corrected chi connectivity index (χ3v) is 2.25. The van der Waals surface area contributed by atoms with Gasteiger partial charge in [-0.25, -0.2) is 0 Å². The second kappa shape index (κ2) is 10.7. The molecule has 0 aliphatic heterocycles. The van der Waals surface area contributed by atoms with Gasteiger partial charge in [-0.2, -0.15) is 0 Å². The van der Waals surface area contributed by atoms with E-state index in [0.717, 1.165) is 13.1 Å². The van der Waals surface area contributed by atoms with Crippen LogP contribution < -0.4 is 5.32 Å². The second-order valence-corrected chi connectivity index (χ2v) is 3.48. The van der Waals surface area contributed by atoms with E-state index in [1.54, 1.807) is 0 Å². The van der Waals surface area contributed by atoms with Crippen LogP contribution in [0.15, 0.2) is 30.8 Å². The summed E-state index contributed by atoms with van der Waals surface area (Å²) >= 11 is 3.64. The van der Waals surface area contributed by atoms with Gasteiger partial charge in [0.15, 0.2) is 0 Å². The second-order valence-electron chi connectivity index (χ2n) is 3.48. The third-order valence-electron chi connectivity index (χ3n) is 2.25. The van der Waals surface area contributed by atoms with E-state index in [0.29, 0.717) is 0 Å². The fourth-order valence-corrected chi connectivity index (χ4v) is 1.31. The zero-order chi connectivity index (χ0) is 12.2. The van der Waals surface area contributed by atoms with Crippen LogP contribution in [0.5, 0.6) is 0 Å². The molecule has 0 aromatic heterocycles. The van der Waals surface area contributed by atoms with Crippen molar-refractivity contribution in [1.29, 1.82) is 0 Å². The Morgan fingerprint density at radius 1 is 1.31 bits per heavy atom. The van der Waals surface area contributed by atoms with Gasteiger partial charge >= 0.3 is 0 Å². The van der Waals surface area contributed by atoms with Crippen molar-refractivity contribution in [3.05, 3.63) is 42.0 Å². The van der Waals surface area contributed by atoms with E-state index >= 15 is 0 Å². The quantitative estimate of drug-likeness (QED) is 0.749. The maximum atomic E-state index is 6.47. The van der Waals surface area contributed by atoms with E-state index < -0.39 is 0 Å². The number of benzene rings is 1. The first-order valence-corrected chi connectivity index (χ1v) is 5.79. The van der Waals surface area contributed by atoms with Crippen LogP contribution in [0.25, 0.3) is 6.08 Å². The highest BCUT2D eigenvalue weighted by atomic mass is 35.5. The first-order valence-electron chi connectivity index (χ1n) is 5.46. The third kappa shape index (κ3) is 6.62. The molecule has 0 fully saturated rings.